The van der Waals surface area contributed by atoms with Gasteiger partial charge in [0.25, 0.3) is 0 Å². The number of ether oxygens (including phenoxy) is 4. The van der Waals surface area contributed by atoms with Crippen LogP contribution >= 0.6 is 15.6 Å². The zero-order chi connectivity index (χ0) is 80.6. The van der Waals surface area contributed by atoms with E-state index in [1.165, 1.54) is 308 Å². The average Bonchev–Trinajstić information content (AvgIpc) is 0.899. The Labute approximate surface area is 677 Å². The Bertz CT molecular complexity index is 2100. The number of aliphatic hydroxyl groups is 1. The molecular weight excluding hydrogens is 1430 g/mol. The van der Waals surface area contributed by atoms with Crippen molar-refractivity contribution in [1.82, 2.24) is 0 Å². The van der Waals surface area contributed by atoms with Gasteiger partial charge in [-0.3, -0.25) is 37.3 Å². The van der Waals surface area contributed by atoms with E-state index in [1.54, 1.807) is 0 Å². The Kier molecular flexibility index (Phi) is 80.7. The number of carbonyl (C=O) groups excluding carboxylic acids is 4. The highest BCUT2D eigenvalue weighted by Crippen LogP contribution is 2.45. The fourth-order valence-electron chi connectivity index (χ4n) is 14.3. The van der Waals surface area contributed by atoms with Gasteiger partial charge in [-0.25, -0.2) is 9.13 Å². The average molecular weight is 1610 g/mol. The molecule has 0 fully saturated rings. The fraction of sp³-hybridized carbons (Fsp3) is 0.956. The molecule has 0 aromatic rings. The van der Waals surface area contributed by atoms with E-state index in [2.05, 4.69) is 41.5 Å². The van der Waals surface area contributed by atoms with Crippen LogP contribution in [-0.2, 0) is 65.4 Å². The third-order valence-electron chi connectivity index (χ3n) is 21.5. The number of hydrogen-bond donors (Lipinski definition) is 3. The van der Waals surface area contributed by atoms with Crippen LogP contribution in [-0.4, -0.2) is 96.7 Å². The lowest BCUT2D eigenvalue weighted by Gasteiger charge is -2.21. The van der Waals surface area contributed by atoms with Gasteiger partial charge >= 0.3 is 39.5 Å². The largest absolute Gasteiger partial charge is 0.472 e. The molecule has 0 spiro atoms. The van der Waals surface area contributed by atoms with E-state index in [9.17, 15) is 43.2 Å². The molecule has 0 aromatic carbocycles. The van der Waals surface area contributed by atoms with E-state index >= 15 is 0 Å². The van der Waals surface area contributed by atoms with E-state index in [0.717, 1.165) is 102 Å². The van der Waals surface area contributed by atoms with Gasteiger partial charge in [0.05, 0.1) is 26.4 Å². The Balaban J connectivity index is 5.22. The van der Waals surface area contributed by atoms with Crippen molar-refractivity contribution in [2.45, 2.75) is 509 Å². The van der Waals surface area contributed by atoms with Crippen LogP contribution in [0.5, 0.6) is 0 Å². The number of aliphatic hydroxyl groups excluding tert-OH is 1. The molecule has 0 amide bonds. The van der Waals surface area contributed by atoms with E-state index < -0.39 is 97.5 Å². The minimum Gasteiger partial charge on any atom is -0.462 e. The Morgan fingerprint density at radius 2 is 0.418 bits per heavy atom. The van der Waals surface area contributed by atoms with E-state index in [-0.39, 0.29) is 25.7 Å². The first-order valence-corrected chi connectivity index (χ1v) is 50.0. The fourth-order valence-corrected chi connectivity index (χ4v) is 15.9. The minimum absolute atomic E-state index is 0.108. The Morgan fingerprint density at radius 1 is 0.245 bits per heavy atom. The molecule has 17 nitrogen and oxygen atoms in total. The molecule has 19 heteroatoms. The van der Waals surface area contributed by atoms with Crippen molar-refractivity contribution < 1.29 is 80.2 Å². The van der Waals surface area contributed by atoms with Crippen molar-refractivity contribution in [3.05, 3.63) is 0 Å². The Hall–Kier alpha value is -1.94. The molecule has 0 aliphatic rings. The standard InChI is InChI=1S/C91H178O17P2/c1-7-9-11-13-15-17-19-21-23-25-26-27-28-29-34-38-42-46-50-58-64-70-76-90(95)107-86(79-101-88(93)73-67-61-55-48-44-40-37-33-31-30-32-35-39-43-47-53-59-65-71-83(3)4)81-105-109(97,98)103-77-85(92)78-104-110(99,100)106-82-87(80-102-89(94)74-68-62-56-52-51-54-60-66-72-84(5)6)108-91(96)75-69-63-57-49-45-41-36-24-22-20-18-16-14-12-10-8-2/h83-87,92H,7-82H2,1-6H3,(H,97,98)(H,99,100)/t85-,86-,87-/m1/s1. The van der Waals surface area contributed by atoms with Crippen LogP contribution < -0.4 is 0 Å². The normalized spacial score (nSPS) is 13.7. The molecule has 0 radical (unpaired) electrons. The monoisotopic (exact) mass is 1610 g/mol. The van der Waals surface area contributed by atoms with Crippen molar-refractivity contribution in [1.29, 1.82) is 0 Å². The predicted molar refractivity (Wildman–Crippen MR) is 455 cm³/mol. The first-order chi connectivity index (χ1) is 53.4. The third kappa shape index (κ3) is 84.0. The van der Waals surface area contributed by atoms with Crippen molar-refractivity contribution in [2.75, 3.05) is 39.6 Å². The number of esters is 4. The van der Waals surface area contributed by atoms with Crippen LogP contribution in [0.3, 0.4) is 0 Å². The summed E-state index contributed by atoms with van der Waals surface area (Å²) in [5, 5.41) is 10.7. The van der Waals surface area contributed by atoms with Gasteiger partial charge in [-0.2, -0.15) is 0 Å². The highest BCUT2D eigenvalue weighted by atomic mass is 31.2. The van der Waals surface area contributed by atoms with Crippen molar-refractivity contribution in [2.24, 2.45) is 11.8 Å². The van der Waals surface area contributed by atoms with Gasteiger partial charge in [0.15, 0.2) is 12.2 Å². The number of hydrogen-bond acceptors (Lipinski definition) is 15. The summed E-state index contributed by atoms with van der Waals surface area (Å²) in [5.41, 5.74) is 0. The number of phosphoric acid groups is 2. The Morgan fingerprint density at radius 3 is 0.618 bits per heavy atom. The number of unbranched alkanes of at least 4 members (excludes halogenated alkanes) is 60. The minimum atomic E-state index is -4.97. The molecule has 0 saturated carbocycles. The van der Waals surface area contributed by atoms with Gasteiger partial charge in [0.1, 0.15) is 19.3 Å². The van der Waals surface area contributed by atoms with Crippen LogP contribution in [0.25, 0.3) is 0 Å². The second kappa shape index (κ2) is 82.2. The summed E-state index contributed by atoms with van der Waals surface area (Å²) in [6.45, 7) is 9.70. The number of carbonyl (C=O) groups is 4. The lowest BCUT2D eigenvalue weighted by molar-refractivity contribution is -0.161. The third-order valence-corrected chi connectivity index (χ3v) is 23.4. The molecule has 654 valence electrons. The molecule has 0 heterocycles. The van der Waals surface area contributed by atoms with Crippen molar-refractivity contribution >= 4 is 39.5 Å². The molecule has 0 rings (SSSR count). The lowest BCUT2D eigenvalue weighted by atomic mass is 10.0. The van der Waals surface area contributed by atoms with Crippen LogP contribution in [0.4, 0.5) is 0 Å². The van der Waals surface area contributed by atoms with E-state index in [0.29, 0.717) is 25.7 Å². The summed E-state index contributed by atoms with van der Waals surface area (Å²) >= 11 is 0. The highest BCUT2D eigenvalue weighted by molar-refractivity contribution is 7.47. The summed E-state index contributed by atoms with van der Waals surface area (Å²) in [7, 11) is -9.93. The summed E-state index contributed by atoms with van der Waals surface area (Å²) in [6.07, 6.45) is 76.6. The summed E-state index contributed by atoms with van der Waals surface area (Å²) in [6, 6.07) is 0. The zero-order valence-electron chi connectivity index (χ0n) is 72.6. The molecular formula is C91H178O17P2. The van der Waals surface area contributed by atoms with Gasteiger partial charge in [-0.05, 0) is 37.5 Å². The second-order valence-corrected chi connectivity index (χ2v) is 36.6. The van der Waals surface area contributed by atoms with Gasteiger partial charge in [0.2, 0.25) is 0 Å². The molecule has 5 atom stereocenters. The summed E-state index contributed by atoms with van der Waals surface area (Å²) in [4.78, 5) is 73.4. The van der Waals surface area contributed by atoms with Crippen LogP contribution in [0, 0.1) is 11.8 Å². The van der Waals surface area contributed by atoms with Gasteiger partial charge < -0.3 is 33.8 Å². The summed E-state index contributed by atoms with van der Waals surface area (Å²) in [5.74, 6) is -0.548. The predicted octanol–water partition coefficient (Wildman–Crippen LogP) is 28.2. The van der Waals surface area contributed by atoms with Gasteiger partial charge in [-0.1, -0.05) is 440 Å². The van der Waals surface area contributed by atoms with Crippen molar-refractivity contribution in [3.63, 3.8) is 0 Å². The SMILES string of the molecule is CCCCCCCCCCCCCCCCCCCCCCCCC(=O)O[C@H](COC(=O)CCCCCCCCCCCCCCCCCCCCC(C)C)COP(=O)(O)OC[C@@H](O)COP(=O)(O)OC[C@@H](COC(=O)CCCCCCCCCCC(C)C)OC(=O)CCCCCCCCCCCCCCCCCC. The topological polar surface area (TPSA) is 237 Å². The zero-order valence-corrected chi connectivity index (χ0v) is 74.4. The molecule has 3 N–H and O–H groups in total. The molecule has 2 unspecified atom stereocenters. The second-order valence-electron chi connectivity index (χ2n) is 33.6. The van der Waals surface area contributed by atoms with E-state index in [1.807, 2.05) is 0 Å². The molecule has 0 bridgehead atoms. The van der Waals surface area contributed by atoms with Crippen LogP contribution in [0.1, 0.15) is 491 Å². The maximum atomic E-state index is 13.2. The maximum absolute atomic E-state index is 13.2. The van der Waals surface area contributed by atoms with E-state index in [4.69, 9.17) is 37.0 Å². The van der Waals surface area contributed by atoms with Crippen LogP contribution in [0.2, 0.25) is 0 Å². The summed E-state index contributed by atoms with van der Waals surface area (Å²) < 4.78 is 69.0. The molecule has 0 aromatic heterocycles. The first kappa shape index (κ1) is 108. The van der Waals surface area contributed by atoms with Crippen LogP contribution in [0.15, 0.2) is 0 Å². The molecule has 110 heavy (non-hydrogen) atoms. The lowest BCUT2D eigenvalue weighted by Crippen LogP contribution is -2.30. The quantitative estimate of drug-likeness (QED) is 0.0222. The maximum Gasteiger partial charge on any atom is 0.472 e. The molecule has 0 aliphatic heterocycles. The first-order valence-electron chi connectivity index (χ1n) is 47.0. The number of rotatable bonds is 90. The van der Waals surface area contributed by atoms with Gasteiger partial charge in [-0.15, -0.1) is 0 Å². The molecule has 0 saturated heterocycles. The molecule has 0 aliphatic carbocycles. The number of phosphoric ester groups is 2. The smallest absolute Gasteiger partial charge is 0.462 e. The highest BCUT2D eigenvalue weighted by Gasteiger charge is 2.31. The van der Waals surface area contributed by atoms with Gasteiger partial charge in [0, 0.05) is 25.7 Å². The van der Waals surface area contributed by atoms with Crippen molar-refractivity contribution in [3.8, 4) is 0 Å².